The van der Waals surface area contributed by atoms with Gasteiger partial charge in [-0.1, -0.05) is 12.1 Å². The number of halogens is 1. The second-order valence-corrected chi connectivity index (χ2v) is 6.45. The number of hydrogen-bond donors (Lipinski definition) is 2. The second kappa shape index (κ2) is 6.75. The second-order valence-electron chi connectivity index (χ2n) is 6.45. The summed E-state index contributed by atoms with van der Waals surface area (Å²) < 4.78 is 13.2. The summed E-state index contributed by atoms with van der Waals surface area (Å²) in [5, 5.41) is 12.6. The minimum atomic E-state index is -0.403. The molecule has 22 heavy (non-hydrogen) atoms. The number of nitrogens with one attached hydrogen (secondary N) is 1. The standard InChI is InChI=1S/C17H23FN2O2/c18-14-3-1-2-13(9-14)8-12-4-6-20(7-5-12)17(22)16-10-15(21)11-19-16/h1-3,9,12,15-16,19,21H,4-8,10-11H2/t15-,16-/m1/s1. The van der Waals surface area contributed by atoms with E-state index in [1.165, 1.54) is 6.07 Å². The van der Waals surface area contributed by atoms with Crippen LogP contribution in [0.2, 0.25) is 0 Å². The molecule has 0 aliphatic carbocycles. The van der Waals surface area contributed by atoms with E-state index < -0.39 is 6.10 Å². The molecule has 5 heteroatoms. The molecular formula is C17H23FN2O2. The lowest BCUT2D eigenvalue weighted by Gasteiger charge is -2.33. The van der Waals surface area contributed by atoms with E-state index in [1.807, 2.05) is 11.0 Å². The molecule has 0 saturated carbocycles. The number of hydrogen-bond acceptors (Lipinski definition) is 3. The maximum atomic E-state index is 13.2. The van der Waals surface area contributed by atoms with Crippen molar-refractivity contribution in [1.29, 1.82) is 0 Å². The molecule has 2 fully saturated rings. The molecule has 2 heterocycles. The number of benzene rings is 1. The Morgan fingerprint density at radius 3 is 2.77 bits per heavy atom. The van der Waals surface area contributed by atoms with Crippen LogP contribution in [0.1, 0.15) is 24.8 Å². The molecule has 0 bridgehead atoms. The number of aliphatic hydroxyl groups excluding tert-OH is 1. The Hall–Kier alpha value is -1.46. The molecule has 0 radical (unpaired) electrons. The number of likely N-dealkylation sites (tertiary alicyclic amines) is 1. The zero-order valence-corrected chi connectivity index (χ0v) is 12.7. The molecule has 4 nitrogen and oxygen atoms in total. The van der Waals surface area contributed by atoms with Crippen LogP contribution in [-0.4, -0.2) is 47.7 Å². The first-order chi connectivity index (χ1) is 10.6. The van der Waals surface area contributed by atoms with Crippen LogP contribution in [0.5, 0.6) is 0 Å². The van der Waals surface area contributed by atoms with Crippen molar-refractivity contribution in [1.82, 2.24) is 10.2 Å². The van der Waals surface area contributed by atoms with Crippen LogP contribution in [0.15, 0.2) is 24.3 Å². The highest BCUT2D eigenvalue weighted by molar-refractivity contribution is 5.82. The third-order valence-corrected chi connectivity index (χ3v) is 4.75. The number of carbonyl (C=O) groups excluding carboxylic acids is 1. The monoisotopic (exact) mass is 306 g/mol. The number of amides is 1. The van der Waals surface area contributed by atoms with Crippen molar-refractivity contribution in [2.24, 2.45) is 5.92 Å². The molecule has 120 valence electrons. The topological polar surface area (TPSA) is 52.6 Å². The van der Waals surface area contributed by atoms with Gasteiger partial charge in [0.25, 0.3) is 0 Å². The fraction of sp³-hybridized carbons (Fsp3) is 0.588. The lowest BCUT2D eigenvalue weighted by molar-refractivity contribution is -0.134. The van der Waals surface area contributed by atoms with Crippen LogP contribution in [0.4, 0.5) is 4.39 Å². The maximum Gasteiger partial charge on any atom is 0.239 e. The van der Waals surface area contributed by atoms with Crippen molar-refractivity contribution >= 4 is 5.91 Å². The average Bonchev–Trinajstić information content (AvgIpc) is 2.94. The maximum absolute atomic E-state index is 13.2. The molecule has 2 saturated heterocycles. The van der Waals surface area contributed by atoms with Gasteiger partial charge in [0.2, 0.25) is 5.91 Å². The predicted molar refractivity (Wildman–Crippen MR) is 81.8 cm³/mol. The summed E-state index contributed by atoms with van der Waals surface area (Å²) >= 11 is 0. The number of piperidine rings is 1. The van der Waals surface area contributed by atoms with Gasteiger partial charge in [0.05, 0.1) is 12.1 Å². The molecule has 1 aromatic carbocycles. The largest absolute Gasteiger partial charge is 0.392 e. The van der Waals surface area contributed by atoms with Crippen LogP contribution in [0.25, 0.3) is 0 Å². The minimum Gasteiger partial charge on any atom is -0.392 e. The lowest BCUT2D eigenvalue weighted by atomic mass is 9.90. The van der Waals surface area contributed by atoms with Crippen molar-refractivity contribution in [3.63, 3.8) is 0 Å². The van der Waals surface area contributed by atoms with E-state index in [0.29, 0.717) is 18.9 Å². The number of nitrogens with zero attached hydrogens (tertiary/aromatic N) is 1. The number of β-amino-alcohol motifs (C(OH)–C–C–N with tert-alkyl or cyclic N) is 1. The first-order valence-electron chi connectivity index (χ1n) is 8.06. The summed E-state index contributed by atoms with van der Waals surface area (Å²) in [6, 6.07) is 6.55. The van der Waals surface area contributed by atoms with Crippen molar-refractivity contribution in [2.75, 3.05) is 19.6 Å². The molecule has 0 spiro atoms. The Morgan fingerprint density at radius 2 is 2.14 bits per heavy atom. The van der Waals surface area contributed by atoms with Gasteiger partial charge in [0, 0.05) is 19.6 Å². The Labute approximate surface area is 130 Å². The van der Waals surface area contributed by atoms with Gasteiger partial charge < -0.3 is 15.3 Å². The number of rotatable bonds is 3. The highest BCUT2D eigenvalue weighted by Crippen LogP contribution is 2.23. The van der Waals surface area contributed by atoms with E-state index in [0.717, 1.165) is 37.9 Å². The third-order valence-electron chi connectivity index (χ3n) is 4.75. The molecule has 2 aliphatic rings. The lowest BCUT2D eigenvalue weighted by Crippen LogP contribution is -2.47. The van der Waals surface area contributed by atoms with Crippen LogP contribution in [-0.2, 0) is 11.2 Å². The normalized spacial score (nSPS) is 26.4. The van der Waals surface area contributed by atoms with Gasteiger partial charge in [-0.2, -0.15) is 0 Å². The van der Waals surface area contributed by atoms with E-state index >= 15 is 0 Å². The van der Waals surface area contributed by atoms with E-state index in [2.05, 4.69) is 5.32 Å². The fourth-order valence-corrected chi connectivity index (χ4v) is 3.48. The van der Waals surface area contributed by atoms with E-state index in [9.17, 15) is 14.3 Å². The van der Waals surface area contributed by atoms with Gasteiger partial charge in [0.1, 0.15) is 5.82 Å². The van der Waals surface area contributed by atoms with Crippen molar-refractivity contribution < 1.29 is 14.3 Å². The highest BCUT2D eigenvalue weighted by atomic mass is 19.1. The van der Waals surface area contributed by atoms with Gasteiger partial charge >= 0.3 is 0 Å². The Balaban J connectivity index is 1.49. The summed E-state index contributed by atoms with van der Waals surface area (Å²) in [6.07, 6.45) is 2.90. The van der Waals surface area contributed by atoms with Crippen LogP contribution < -0.4 is 5.32 Å². The van der Waals surface area contributed by atoms with E-state index in [1.54, 1.807) is 12.1 Å². The first kappa shape index (κ1) is 15.4. The van der Waals surface area contributed by atoms with Crippen LogP contribution in [0, 0.1) is 11.7 Å². The van der Waals surface area contributed by atoms with Gasteiger partial charge in [-0.25, -0.2) is 4.39 Å². The molecule has 0 aromatic heterocycles. The Bertz CT molecular complexity index is 529. The number of carbonyl (C=O) groups is 1. The quantitative estimate of drug-likeness (QED) is 0.886. The molecule has 2 atom stereocenters. The molecule has 1 amide bonds. The van der Waals surface area contributed by atoms with Gasteiger partial charge in [-0.15, -0.1) is 0 Å². The summed E-state index contributed by atoms with van der Waals surface area (Å²) in [7, 11) is 0. The molecule has 0 unspecified atom stereocenters. The van der Waals surface area contributed by atoms with Crippen LogP contribution in [0.3, 0.4) is 0 Å². The zero-order chi connectivity index (χ0) is 15.5. The van der Waals surface area contributed by atoms with Crippen LogP contribution >= 0.6 is 0 Å². The SMILES string of the molecule is O=C([C@H]1C[C@@H](O)CN1)N1CCC(Cc2cccc(F)c2)CC1. The van der Waals surface area contributed by atoms with Gasteiger partial charge in [-0.3, -0.25) is 4.79 Å². The third kappa shape index (κ3) is 3.65. The molecule has 2 N–H and O–H groups in total. The van der Waals surface area contributed by atoms with E-state index in [-0.39, 0.29) is 17.8 Å². The molecule has 3 rings (SSSR count). The summed E-state index contributed by atoms with van der Waals surface area (Å²) in [5.41, 5.74) is 1.03. The summed E-state index contributed by atoms with van der Waals surface area (Å²) in [6.45, 7) is 2.02. The van der Waals surface area contributed by atoms with Crippen molar-refractivity contribution in [3.8, 4) is 0 Å². The summed E-state index contributed by atoms with van der Waals surface area (Å²) in [5.74, 6) is 0.435. The average molecular weight is 306 g/mol. The van der Waals surface area contributed by atoms with Gasteiger partial charge in [0.15, 0.2) is 0 Å². The Kier molecular flexibility index (Phi) is 4.74. The number of aliphatic hydroxyl groups is 1. The van der Waals surface area contributed by atoms with Gasteiger partial charge in [-0.05, 0) is 49.3 Å². The summed E-state index contributed by atoms with van der Waals surface area (Å²) in [4.78, 5) is 14.3. The molecular weight excluding hydrogens is 283 g/mol. The van der Waals surface area contributed by atoms with Crippen molar-refractivity contribution in [3.05, 3.63) is 35.6 Å². The zero-order valence-electron chi connectivity index (χ0n) is 12.7. The molecule has 1 aromatic rings. The first-order valence-corrected chi connectivity index (χ1v) is 8.06. The predicted octanol–water partition coefficient (Wildman–Crippen LogP) is 1.33. The minimum absolute atomic E-state index is 0.112. The van der Waals surface area contributed by atoms with Crippen molar-refractivity contribution in [2.45, 2.75) is 37.8 Å². The Morgan fingerprint density at radius 1 is 1.36 bits per heavy atom. The van der Waals surface area contributed by atoms with E-state index in [4.69, 9.17) is 0 Å². The smallest absolute Gasteiger partial charge is 0.239 e. The highest BCUT2D eigenvalue weighted by Gasteiger charge is 2.33. The fourth-order valence-electron chi connectivity index (χ4n) is 3.48. The molecule has 2 aliphatic heterocycles.